The maximum Gasteiger partial charge on any atom is 0.0278 e. The standard InChI is InChI=1S/C16H34N2/c1-13(2)9-8-10-18-11-14(15(3,4)5)17-12-16(18,6)7/h13-14,17H,8-12H2,1-7H3. The van der Waals surface area contributed by atoms with E-state index in [9.17, 15) is 0 Å². The van der Waals surface area contributed by atoms with Crippen molar-refractivity contribution in [3.8, 4) is 0 Å². The Labute approximate surface area is 115 Å². The van der Waals surface area contributed by atoms with Gasteiger partial charge >= 0.3 is 0 Å². The van der Waals surface area contributed by atoms with Crippen molar-refractivity contribution >= 4 is 0 Å². The first-order valence-electron chi connectivity index (χ1n) is 7.61. The number of rotatable bonds is 4. The molecule has 1 fully saturated rings. The Hall–Kier alpha value is -0.0800. The van der Waals surface area contributed by atoms with Gasteiger partial charge in [0.05, 0.1) is 0 Å². The summed E-state index contributed by atoms with van der Waals surface area (Å²) >= 11 is 0. The number of piperazine rings is 1. The van der Waals surface area contributed by atoms with Gasteiger partial charge in [0.1, 0.15) is 0 Å². The van der Waals surface area contributed by atoms with Gasteiger partial charge in [0, 0.05) is 24.7 Å². The summed E-state index contributed by atoms with van der Waals surface area (Å²) in [4.78, 5) is 2.70. The minimum absolute atomic E-state index is 0.304. The van der Waals surface area contributed by atoms with E-state index in [1.54, 1.807) is 0 Å². The summed E-state index contributed by atoms with van der Waals surface area (Å²) in [5.41, 5.74) is 0.658. The molecule has 1 atom stereocenters. The molecule has 0 radical (unpaired) electrons. The molecule has 0 bridgehead atoms. The fourth-order valence-electron chi connectivity index (χ4n) is 2.68. The van der Waals surface area contributed by atoms with Crippen molar-refractivity contribution in [2.45, 2.75) is 72.9 Å². The smallest absolute Gasteiger partial charge is 0.0278 e. The molecule has 18 heavy (non-hydrogen) atoms. The third-order valence-corrected chi connectivity index (χ3v) is 4.29. The molecule has 1 rings (SSSR count). The van der Waals surface area contributed by atoms with Crippen LogP contribution in [0, 0.1) is 11.3 Å². The highest BCUT2D eigenvalue weighted by Crippen LogP contribution is 2.27. The fraction of sp³-hybridized carbons (Fsp3) is 1.00. The highest BCUT2D eigenvalue weighted by atomic mass is 15.3. The van der Waals surface area contributed by atoms with E-state index in [1.165, 1.54) is 25.9 Å². The van der Waals surface area contributed by atoms with E-state index in [2.05, 4.69) is 58.7 Å². The molecule has 1 N–H and O–H groups in total. The Bertz CT molecular complexity index is 250. The Balaban J connectivity index is 2.55. The predicted octanol–water partition coefficient (Wildman–Crippen LogP) is 3.52. The SMILES string of the molecule is CC(C)CCCN1CC(C(C)(C)C)NCC1(C)C. The lowest BCUT2D eigenvalue weighted by Gasteiger charge is -2.49. The van der Waals surface area contributed by atoms with Crippen LogP contribution in [0.15, 0.2) is 0 Å². The highest BCUT2D eigenvalue weighted by Gasteiger charge is 2.37. The average Bonchev–Trinajstić information content (AvgIpc) is 2.17. The molecule has 0 saturated carbocycles. The van der Waals surface area contributed by atoms with E-state index < -0.39 is 0 Å². The second-order valence-corrected chi connectivity index (χ2v) is 8.09. The summed E-state index contributed by atoms with van der Waals surface area (Å²) in [5.74, 6) is 0.828. The fourth-order valence-corrected chi connectivity index (χ4v) is 2.68. The number of nitrogens with zero attached hydrogens (tertiary/aromatic N) is 1. The summed E-state index contributed by atoms with van der Waals surface area (Å²) in [6.07, 6.45) is 2.68. The zero-order valence-electron chi connectivity index (χ0n) is 13.6. The molecule has 1 unspecified atom stereocenters. The molecular weight excluding hydrogens is 220 g/mol. The molecule has 1 aliphatic rings. The van der Waals surface area contributed by atoms with Gasteiger partial charge in [0.25, 0.3) is 0 Å². The largest absolute Gasteiger partial charge is 0.310 e. The molecule has 1 saturated heterocycles. The van der Waals surface area contributed by atoms with Gasteiger partial charge in [-0.05, 0) is 44.6 Å². The summed E-state index contributed by atoms with van der Waals surface area (Å²) < 4.78 is 0. The van der Waals surface area contributed by atoms with E-state index in [0.717, 1.165) is 12.5 Å². The van der Waals surface area contributed by atoms with Crippen LogP contribution in [-0.2, 0) is 0 Å². The molecule has 108 valence electrons. The Morgan fingerprint density at radius 2 is 1.89 bits per heavy atom. The third kappa shape index (κ3) is 4.55. The van der Waals surface area contributed by atoms with Crippen molar-refractivity contribution in [2.75, 3.05) is 19.6 Å². The van der Waals surface area contributed by atoms with Crippen LogP contribution < -0.4 is 5.32 Å². The Morgan fingerprint density at radius 3 is 2.39 bits per heavy atom. The molecular formula is C16H34N2. The van der Waals surface area contributed by atoms with Crippen LogP contribution in [0.5, 0.6) is 0 Å². The van der Waals surface area contributed by atoms with Gasteiger partial charge in [-0.2, -0.15) is 0 Å². The van der Waals surface area contributed by atoms with Crippen molar-refractivity contribution in [3.63, 3.8) is 0 Å². The van der Waals surface area contributed by atoms with Crippen molar-refractivity contribution in [2.24, 2.45) is 11.3 Å². The predicted molar refractivity (Wildman–Crippen MR) is 81.0 cm³/mol. The van der Waals surface area contributed by atoms with Gasteiger partial charge in [-0.3, -0.25) is 4.90 Å². The molecule has 0 aromatic rings. The molecule has 1 aliphatic heterocycles. The summed E-state index contributed by atoms with van der Waals surface area (Å²) in [6, 6.07) is 0.615. The number of nitrogens with one attached hydrogen (secondary N) is 1. The quantitative estimate of drug-likeness (QED) is 0.826. The van der Waals surface area contributed by atoms with Gasteiger partial charge in [-0.1, -0.05) is 34.6 Å². The van der Waals surface area contributed by atoms with Gasteiger partial charge in [-0.25, -0.2) is 0 Å². The summed E-state index contributed by atoms with van der Waals surface area (Å²) in [5, 5.41) is 3.74. The van der Waals surface area contributed by atoms with Crippen LogP contribution in [0.2, 0.25) is 0 Å². The van der Waals surface area contributed by atoms with Gasteiger partial charge in [0.2, 0.25) is 0 Å². The monoisotopic (exact) mass is 254 g/mol. The lowest BCUT2D eigenvalue weighted by Crippen LogP contribution is -2.64. The normalized spacial score (nSPS) is 25.7. The van der Waals surface area contributed by atoms with Crippen molar-refractivity contribution < 1.29 is 0 Å². The third-order valence-electron chi connectivity index (χ3n) is 4.29. The van der Waals surface area contributed by atoms with Crippen LogP contribution in [0.1, 0.15) is 61.3 Å². The second-order valence-electron chi connectivity index (χ2n) is 8.09. The van der Waals surface area contributed by atoms with E-state index in [4.69, 9.17) is 0 Å². The molecule has 1 heterocycles. The molecule has 2 heteroatoms. The zero-order valence-corrected chi connectivity index (χ0v) is 13.6. The van der Waals surface area contributed by atoms with Crippen molar-refractivity contribution in [1.82, 2.24) is 10.2 Å². The van der Waals surface area contributed by atoms with Gasteiger partial charge in [0.15, 0.2) is 0 Å². The first-order chi connectivity index (χ1) is 8.13. The van der Waals surface area contributed by atoms with Crippen LogP contribution in [-0.4, -0.2) is 36.1 Å². The van der Waals surface area contributed by atoms with E-state index in [-0.39, 0.29) is 0 Å². The average molecular weight is 254 g/mol. The summed E-state index contributed by atoms with van der Waals surface area (Å²) in [7, 11) is 0. The minimum atomic E-state index is 0.304. The summed E-state index contributed by atoms with van der Waals surface area (Å²) in [6.45, 7) is 20.0. The Kier molecular flexibility index (Phi) is 5.25. The van der Waals surface area contributed by atoms with Gasteiger partial charge in [-0.15, -0.1) is 0 Å². The highest BCUT2D eigenvalue weighted by molar-refractivity contribution is 4.96. The molecule has 0 spiro atoms. The first kappa shape index (κ1) is 16.0. The van der Waals surface area contributed by atoms with Crippen LogP contribution in [0.4, 0.5) is 0 Å². The first-order valence-corrected chi connectivity index (χ1v) is 7.61. The number of hydrogen-bond acceptors (Lipinski definition) is 2. The topological polar surface area (TPSA) is 15.3 Å². The van der Waals surface area contributed by atoms with Crippen molar-refractivity contribution in [1.29, 1.82) is 0 Å². The van der Waals surface area contributed by atoms with Crippen LogP contribution in [0.3, 0.4) is 0 Å². The number of hydrogen-bond donors (Lipinski definition) is 1. The molecule has 0 aromatic carbocycles. The molecule has 0 aliphatic carbocycles. The van der Waals surface area contributed by atoms with Crippen LogP contribution in [0.25, 0.3) is 0 Å². The van der Waals surface area contributed by atoms with Gasteiger partial charge < -0.3 is 5.32 Å². The Morgan fingerprint density at radius 1 is 1.28 bits per heavy atom. The van der Waals surface area contributed by atoms with E-state index in [1.807, 2.05) is 0 Å². The lowest BCUT2D eigenvalue weighted by atomic mass is 9.82. The maximum atomic E-state index is 3.74. The molecule has 2 nitrogen and oxygen atoms in total. The molecule has 0 aromatic heterocycles. The minimum Gasteiger partial charge on any atom is -0.310 e. The van der Waals surface area contributed by atoms with E-state index >= 15 is 0 Å². The second kappa shape index (κ2) is 5.92. The maximum absolute atomic E-state index is 3.74. The van der Waals surface area contributed by atoms with Crippen LogP contribution >= 0.6 is 0 Å². The van der Waals surface area contributed by atoms with Crippen molar-refractivity contribution in [3.05, 3.63) is 0 Å². The zero-order chi connectivity index (χ0) is 14.0. The van der Waals surface area contributed by atoms with E-state index in [0.29, 0.717) is 17.0 Å². The lowest BCUT2D eigenvalue weighted by molar-refractivity contribution is 0.0342. The molecule has 0 amide bonds.